The van der Waals surface area contributed by atoms with Gasteiger partial charge in [0.15, 0.2) is 0 Å². The number of halogens is 3. The molecule has 0 spiro atoms. The number of allylic oxidation sites excluding steroid dienone is 1. The largest absolute Gasteiger partial charge is 0.457 e. The molecule has 2 aromatic carbocycles. The van der Waals surface area contributed by atoms with Gasteiger partial charge in [-0.3, -0.25) is 0 Å². The molecule has 4 nitrogen and oxygen atoms in total. The molecule has 0 atom stereocenters. The zero-order valence-electron chi connectivity index (χ0n) is 13.1. The first-order chi connectivity index (χ1) is 11.8. The first kappa shape index (κ1) is 17.9. The van der Waals surface area contributed by atoms with Crippen molar-refractivity contribution in [3.8, 4) is 23.6 Å². The molecular weight excluding hydrogens is 331 g/mol. The van der Waals surface area contributed by atoms with Crippen LogP contribution in [0.5, 0.6) is 11.5 Å². The van der Waals surface area contributed by atoms with E-state index in [0.29, 0.717) is 11.4 Å². The molecule has 126 valence electrons. The summed E-state index contributed by atoms with van der Waals surface area (Å²) < 4.78 is 43.1. The van der Waals surface area contributed by atoms with Crippen LogP contribution in [0.1, 0.15) is 11.1 Å². The van der Waals surface area contributed by atoms with Crippen LogP contribution in [0, 0.1) is 29.6 Å². The average molecular weight is 343 g/mol. The number of benzene rings is 2. The lowest BCUT2D eigenvalue weighted by Crippen LogP contribution is -2.04. The summed E-state index contributed by atoms with van der Waals surface area (Å²) in [5.74, 6) is 0.733. The molecule has 0 amide bonds. The quantitative estimate of drug-likeness (QED) is 0.780. The third-order valence-corrected chi connectivity index (χ3v) is 3.23. The highest BCUT2D eigenvalue weighted by atomic mass is 19.4. The Morgan fingerprint density at radius 3 is 2.16 bits per heavy atom. The van der Waals surface area contributed by atoms with Crippen molar-refractivity contribution in [3.63, 3.8) is 0 Å². The van der Waals surface area contributed by atoms with Gasteiger partial charge >= 0.3 is 6.18 Å². The summed E-state index contributed by atoms with van der Waals surface area (Å²) in [4.78, 5) is 0. The lowest BCUT2D eigenvalue weighted by Gasteiger charge is -2.11. The monoisotopic (exact) mass is 343 g/mol. The summed E-state index contributed by atoms with van der Waals surface area (Å²) in [5, 5.41) is 20.2. The Balaban J connectivity index is 2.12. The number of anilines is 1. The number of hydrogen-bond acceptors (Lipinski definition) is 4. The molecule has 0 aromatic heterocycles. The van der Waals surface area contributed by atoms with Crippen molar-refractivity contribution in [2.24, 2.45) is 0 Å². The van der Waals surface area contributed by atoms with E-state index in [2.05, 4.69) is 5.32 Å². The molecule has 7 heteroatoms. The van der Waals surface area contributed by atoms with Crippen molar-refractivity contribution in [2.75, 3.05) is 5.32 Å². The van der Waals surface area contributed by atoms with Crippen LogP contribution < -0.4 is 10.1 Å². The summed E-state index contributed by atoms with van der Waals surface area (Å²) in [6.45, 7) is 1.79. The SMILES string of the molecule is Cc1cc(Oc2ccc(C(F)(F)F)cc2)ccc1NC=C(C#N)C#N. The van der Waals surface area contributed by atoms with Gasteiger partial charge in [0.2, 0.25) is 0 Å². The Bertz CT molecular complexity index is 856. The van der Waals surface area contributed by atoms with Crippen LogP contribution in [0.3, 0.4) is 0 Å². The molecule has 25 heavy (non-hydrogen) atoms. The van der Waals surface area contributed by atoms with E-state index < -0.39 is 11.7 Å². The lowest BCUT2D eigenvalue weighted by atomic mass is 10.2. The third-order valence-electron chi connectivity index (χ3n) is 3.23. The fourth-order valence-electron chi connectivity index (χ4n) is 1.95. The number of nitrogens with one attached hydrogen (secondary N) is 1. The molecule has 0 aliphatic carbocycles. The van der Waals surface area contributed by atoms with Gasteiger partial charge < -0.3 is 10.1 Å². The van der Waals surface area contributed by atoms with E-state index in [9.17, 15) is 13.2 Å². The molecule has 2 rings (SSSR count). The minimum Gasteiger partial charge on any atom is -0.457 e. The molecule has 0 fully saturated rings. The van der Waals surface area contributed by atoms with E-state index in [1.165, 1.54) is 18.3 Å². The topological polar surface area (TPSA) is 68.8 Å². The van der Waals surface area contributed by atoms with Gasteiger partial charge in [0.25, 0.3) is 0 Å². The van der Waals surface area contributed by atoms with Crippen molar-refractivity contribution in [2.45, 2.75) is 13.1 Å². The highest BCUT2D eigenvalue weighted by Gasteiger charge is 2.30. The zero-order valence-corrected chi connectivity index (χ0v) is 13.1. The Labute approximate surface area is 142 Å². The van der Waals surface area contributed by atoms with Crippen molar-refractivity contribution in [1.29, 1.82) is 10.5 Å². The Hall–Kier alpha value is -3.45. The number of nitrogens with zero attached hydrogens (tertiary/aromatic N) is 2. The summed E-state index contributed by atoms with van der Waals surface area (Å²) >= 11 is 0. The molecule has 0 aliphatic heterocycles. The van der Waals surface area contributed by atoms with E-state index in [4.69, 9.17) is 15.3 Å². The zero-order chi connectivity index (χ0) is 18.4. The molecule has 0 radical (unpaired) electrons. The smallest absolute Gasteiger partial charge is 0.416 e. The number of ether oxygens (including phenoxy) is 1. The first-order valence-corrected chi connectivity index (χ1v) is 7.06. The highest BCUT2D eigenvalue weighted by Crippen LogP contribution is 2.32. The lowest BCUT2D eigenvalue weighted by molar-refractivity contribution is -0.137. The maximum atomic E-state index is 12.5. The Morgan fingerprint density at radius 1 is 1.04 bits per heavy atom. The van der Waals surface area contributed by atoms with Gasteiger partial charge in [-0.25, -0.2) is 0 Å². The second-order valence-electron chi connectivity index (χ2n) is 5.03. The van der Waals surface area contributed by atoms with Gasteiger partial charge in [-0.2, -0.15) is 23.7 Å². The van der Waals surface area contributed by atoms with Crippen LogP contribution in [-0.4, -0.2) is 0 Å². The first-order valence-electron chi connectivity index (χ1n) is 7.06. The molecular formula is C18H12F3N3O. The standard InChI is InChI=1S/C18H12F3N3O/c1-12-8-16(6-7-17(12)24-11-13(9-22)10-23)25-15-4-2-14(3-5-15)18(19,20)21/h2-8,11,24H,1H3. The predicted molar refractivity (Wildman–Crippen MR) is 85.6 cm³/mol. The normalized spacial score (nSPS) is 10.3. The maximum Gasteiger partial charge on any atom is 0.416 e. The fourth-order valence-corrected chi connectivity index (χ4v) is 1.95. The van der Waals surface area contributed by atoms with Crippen molar-refractivity contribution in [1.82, 2.24) is 0 Å². The van der Waals surface area contributed by atoms with Crippen LogP contribution in [0.2, 0.25) is 0 Å². The average Bonchev–Trinajstić information content (AvgIpc) is 2.57. The minimum absolute atomic E-state index is 0.0653. The predicted octanol–water partition coefficient (Wildman–Crippen LogP) is 5.15. The molecule has 0 aliphatic rings. The summed E-state index contributed by atoms with van der Waals surface area (Å²) in [7, 11) is 0. The van der Waals surface area contributed by atoms with E-state index in [1.807, 2.05) is 0 Å². The summed E-state index contributed by atoms with van der Waals surface area (Å²) in [5.41, 5.74) is 0.635. The van der Waals surface area contributed by atoms with E-state index >= 15 is 0 Å². The second-order valence-corrected chi connectivity index (χ2v) is 5.03. The van der Waals surface area contributed by atoms with Crippen molar-refractivity contribution < 1.29 is 17.9 Å². The number of hydrogen-bond donors (Lipinski definition) is 1. The van der Waals surface area contributed by atoms with Crippen LogP contribution >= 0.6 is 0 Å². The number of aryl methyl sites for hydroxylation is 1. The highest BCUT2D eigenvalue weighted by molar-refractivity contribution is 5.57. The number of rotatable bonds is 4. The van der Waals surface area contributed by atoms with Gasteiger partial charge in [0.05, 0.1) is 5.56 Å². The van der Waals surface area contributed by atoms with Gasteiger partial charge in [-0.05, 0) is 55.0 Å². The van der Waals surface area contributed by atoms with Gasteiger partial charge in [-0.1, -0.05) is 0 Å². The Kier molecular flexibility index (Phi) is 5.31. The van der Waals surface area contributed by atoms with Crippen LogP contribution in [0.15, 0.2) is 54.2 Å². The maximum absolute atomic E-state index is 12.5. The van der Waals surface area contributed by atoms with Crippen LogP contribution in [-0.2, 0) is 6.18 Å². The van der Waals surface area contributed by atoms with Crippen LogP contribution in [0.4, 0.5) is 18.9 Å². The van der Waals surface area contributed by atoms with E-state index in [1.54, 1.807) is 37.3 Å². The van der Waals surface area contributed by atoms with E-state index in [-0.39, 0.29) is 11.3 Å². The number of alkyl halides is 3. The molecule has 0 bridgehead atoms. The third kappa shape index (κ3) is 4.76. The molecule has 2 aromatic rings. The van der Waals surface area contributed by atoms with Crippen molar-refractivity contribution >= 4 is 5.69 Å². The van der Waals surface area contributed by atoms with Crippen molar-refractivity contribution in [3.05, 3.63) is 65.4 Å². The molecule has 0 heterocycles. The Morgan fingerprint density at radius 2 is 1.64 bits per heavy atom. The van der Waals surface area contributed by atoms with Gasteiger partial charge in [-0.15, -0.1) is 0 Å². The van der Waals surface area contributed by atoms with Gasteiger partial charge in [0, 0.05) is 11.9 Å². The fraction of sp³-hybridized carbons (Fsp3) is 0.111. The number of nitriles is 2. The van der Waals surface area contributed by atoms with E-state index in [0.717, 1.165) is 17.7 Å². The summed E-state index contributed by atoms with van der Waals surface area (Å²) in [6.07, 6.45) is -3.10. The molecule has 0 saturated carbocycles. The second kappa shape index (κ2) is 7.41. The molecule has 0 unspecified atom stereocenters. The van der Waals surface area contributed by atoms with Crippen LogP contribution in [0.25, 0.3) is 0 Å². The minimum atomic E-state index is -4.39. The molecule has 0 saturated heterocycles. The summed E-state index contributed by atoms with van der Waals surface area (Å²) in [6, 6.07) is 12.9. The molecule has 1 N–H and O–H groups in total. The van der Waals surface area contributed by atoms with Gasteiger partial charge in [0.1, 0.15) is 29.2 Å².